The Kier molecular flexibility index (Phi) is 6.37. The molecule has 1 heterocycles. The lowest BCUT2D eigenvalue weighted by Gasteiger charge is -2.24. The zero-order chi connectivity index (χ0) is 17.5. The lowest BCUT2D eigenvalue weighted by Crippen LogP contribution is -2.42. The van der Waals surface area contributed by atoms with Crippen LogP contribution in [-0.2, 0) is 4.79 Å². The number of halogens is 1. The molecule has 1 aromatic heterocycles. The molecule has 0 radical (unpaired) electrons. The first-order valence-corrected chi connectivity index (χ1v) is 7.91. The largest absolute Gasteiger partial charge is 0.481 e. The van der Waals surface area contributed by atoms with Gasteiger partial charge >= 0.3 is 0 Å². The molecule has 24 heavy (non-hydrogen) atoms. The van der Waals surface area contributed by atoms with E-state index in [0.717, 1.165) is 5.76 Å². The molecule has 1 amide bonds. The summed E-state index contributed by atoms with van der Waals surface area (Å²) in [5, 5.41) is 2.90. The van der Waals surface area contributed by atoms with E-state index in [-0.39, 0.29) is 17.8 Å². The minimum Gasteiger partial charge on any atom is -0.481 e. The molecule has 2 atom stereocenters. The fraction of sp³-hybridized carbons (Fsp3) is 0.389. The molecule has 0 aliphatic heterocycles. The van der Waals surface area contributed by atoms with E-state index < -0.39 is 6.10 Å². The molecule has 5 nitrogen and oxygen atoms in total. The van der Waals surface area contributed by atoms with Crippen molar-refractivity contribution in [1.29, 1.82) is 0 Å². The van der Waals surface area contributed by atoms with Gasteiger partial charge in [0.2, 0.25) is 0 Å². The van der Waals surface area contributed by atoms with Crippen LogP contribution in [0.15, 0.2) is 47.1 Å². The summed E-state index contributed by atoms with van der Waals surface area (Å²) >= 11 is 0. The molecule has 1 N–H and O–H groups in total. The predicted molar refractivity (Wildman–Crippen MR) is 89.3 cm³/mol. The van der Waals surface area contributed by atoms with Crippen LogP contribution in [0.1, 0.15) is 25.1 Å². The van der Waals surface area contributed by atoms with Crippen molar-refractivity contribution in [2.75, 3.05) is 20.6 Å². The van der Waals surface area contributed by atoms with E-state index in [2.05, 4.69) is 5.32 Å². The Morgan fingerprint density at radius 1 is 1.29 bits per heavy atom. The average molecular weight is 334 g/mol. The third-order valence-electron chi connectivity index (χ3n) is 3.72. The maximum atomic E-state index is 12.9. The number of ether oxygens (including phenoxy) is 1. The van der Waals surface area contributed by atoms with Gasteiger partial charge in [-0.1, -0.05) is 6.92 Å². The third-order valence-corrected chi connectivity index (χ3v) is 3.72. The van der Waals surface area contributed by atoms with Crippen LogP contribution in [0.3, 0.4) is 0 Å². The predicted octanol–water partition coefficient (Wildman–Crippen LogP) is 3.00. The number of benzene rings is 1. The van der Waals surface area contributed by atoms with Gasteiger partial charge in [-0.05, 0) is 56.9 Å². The van der Waals surface area contributed by atoms with Gasteiger partial charge in [0.25, 0.3) is 5.91 Å². The van der Waals surface area contributed by atoms with E-state index >= 15 is 0 Å². The Labute approximate surface area is 141 Å². The van der Waals surface area contributed by atoms with Crippen molar-refractivity contribution in [2.24, 2.45) is 0 Å². The monoisotopic (exact) mass is 334 g/mol. The first-order valence-electron chi connectivity index (χ1n) is 7.91. The average Bonchev–Trinajstić information content (AvgIpc) is 3.08. The number of furan rings is 1. The van der Waals surface area contributed by atoms with Crippen molar-refractivity contribution >= 4 is 5.91 Å². The summed E-state index contributed by atoms with van der Waals surface area (Å²) in [6.07, 6.45) is 1.49. The quantitative estimate of drug-likeness (QED) is 0.806. The minimum absolute atomic E-state index is 0.0627. The molecule has 2 aromatic rings. The fourth-order valence-corrected chi connectivity index (χ4v) is 2.33. The molecule has 0 spiro atoms. The van der Waals surface area contributed by atoms with Crippen LogP contribution in [0.5, 0.6) is 5.75 Å². The number of hydrogen-bond acceptors (Lipinski definition) is 4. The standard InChI is InChI=1S/C18H23FN2O3/c1-4-16(24-14-9-7-13(19)8-10-14)18(22)20-12-15(21(2)3)17-6-5-11-23-17/h5-11,15-16H,4,12H2,1-3H3,(H,20,22). The van der Waals surface area contributed by atoms with Crippen LogP contribution in [-0.4, -0.2) is 37.6 Å². The normalized spacial score (nSPS) is 13.5. The minimum atomic E-state index is -0.630. The first kappa shape index (κ1) is 18.0. The lowest BCUT2D eigenvalue weighted by atomic mass is 10.2. The molecule has 0 aliphatic rings. The van der Waals surface area contributed by atoms with Crippen LogP contribution < -0.4 is 10.1 Å². The molecule has 130 valence electrons. The van der Waals surface area contributed by atoms with Gasteiger partial charge in [0.1, 0.15) is 17.3 Å². The highest BCUT2D eigenvalue weighted by Crippen LogP contribution is 2.18. The topological polar surface area (TPSA) is 54.7 Å². The first-order chi connectivity index (χ1) is 11.5. The van der Waals surface area contributed by atoms with Crippen LogP contribution in [0, 0.1) is 5.82 Å². The third kappa shape index (κ3) is 4.83. The van der Waals surface area contributed by atoms with Gasteiger partial charge < -0.3 is 14.5 Å². The van der Waals surface area contributed by atoms with E-state index in [9.17, 15) is 9.18 Å². The molecular weight excluding hydrogens is 311 g/mol. The zero-order valence-corrected chi connectivity index (χ0v) is 14.2. The van der Waals surface area contributed by atoms with Crippen LogP contribution in [0.25, 0.3) is 0 Å². The van der Waals surface area contributed by atoms with Crippen molar-refractivity contribution in [3.05, 3.63) is 54.2 Å². The molecule has 0 bridgehead atoms. The van der Waals surface area contributed by atoms with E-state index in [4.69, 9.17) is 9.15 Å². The van der Waals surface area contributed by atoms with Gasteiger partial charge in [-0.25, -0.2) is 4.39 Å². The number of rotatable bonds is 8. The highest BCUT2D eigenvalue weighted by molar-refractivity contribution is 5.81. The molecule has 0 aliphatic carbocycles. The Morgan fingerprint density at radius 2 is 2.00 bits per heavy atom. The summed E-state index contributed by atoms with van der Waals surface area (Å²) in [4.78, 5) is 14.4. The fourth-order valence-electron chi connectivity index (χ4n) is 2.33. The van der Waals surface area contributed by atoms with Crippen molar-refractivity contribution in [2.45, 2.75) is 25.5 Å². The Hall–Kier alpha value is -2.34. The van der Waals surface area contributed by atoms with E-state index in [1.165, 1.54) is 24.3 Å². The Morgan fingerprint density at radius 3 is 2.54 bits per heavy atom. The smallest absolute Gasteiger partial charge is 0.261 e. The zero-order valence-electron chi connectivity index (χ0n) is 14.2. The summed E-state index contributed by atoms with van der Waals surface area (Å²) in [6, 6.07) is 9.27. The van der Waals surface area contributed by atoms with Gasteiger partial charge in [0.15, 0.2) is 6.10 Å². The van der Waals surface area contributed by atoms with Crippen molar-refractivity contribution in [3.63, 3.8) is 0 Å². The Balaban J connectivity index is 1.94. The van der Waals surface area contributed by atoms with Gasteiger partial charge in [-0.15, -0.1) is 0 Å². The van der Waals surface area contributed by atoms with Crippen molar-refractivity contribution in [1.82, 2.24) is 10.2 Å². The molecule has 2 unspecified atom stereocenters. The highest BCUT2D eigenvalue weighted by Gasteiger charge is 2.22. The molecule has 1 aromatic carbocycles. The molecule has 6 heteroatoms. The maximum Gasteiger partial charge on any atom is 0.261 e. The second kappa shape index (κ2) is 8.49. The van der Waals surface area contributed by atoms with Crippen LogP contribution in [0.4, 0.5) is 4.39 Å². The maximum absolute atomic E-state index is 12.9. The van der Waals surface area contributed by atoms with Gasteiger partial charge in [0, 0.05) is 6.54 Å². The van der Waals surface area contributed by atoms with E-state index in [1.807, 2.05) is 38.1 Å². The number of nitrogens with zero attached hydrogens (tertiary/aromatic N) is 1. The number of carbonyl (C=O) groups is 1. The van der Waals surface area contributed by atoms with E-state index in [1.54, 1.807) is 6.26 Å². The number of carbonyl (C=O) groups excluding carboxylic acids is 1. The highest BCUT2D eigenvalue weighted by atomic mass is 19.1. The number of likely N-dealkylation sites (N-methyl/N-ethyl adjacent to an activating group) is 1. The summed E-state index contributed by atoms with van der Waals surface area (Å²) in [7, 11) is 3.84. The van der Waals surface area contributed by atoms with Crippen molar-refractivity contribution < 1.29 is 18.3 Å². The van der Waals surface area contributed by atoms with E-state index in [0.29, 0.717) is 18.7 Å². The van der Waals surface area contributed by atoms with Crippen LogP contribution in [0.2, 0.25) is 0 Å². The molecule has 0 fully saturated rings. The summed E-state index contributed by atoms with van der Waals surface area (Å²) < 4.78 is 24.0. The number of nitrogens with one attached hydrogen (secondary N) is 1. The lowest BCUT2D eigenvalue weighted by molar-refractivity contribution is -0.128. The molecule has 2 rings (SSSR count). The number of amides is 1. The summed E-state index contributed by atoms with van der Waals surface area (Å²) in [5.41, 5.74) is 0. The molecule has 0 saturated heterocycles. The molecular formula is C18H23FN2O3. The molecule has 0 saturated carbocycles. The van der Waals surface area contributed by atoms with Gasteiger partial charge in [-0.3, -0.25) is 9.69 Å². The van der Waals surface area contributed by atoms with Crippen LogP contribution >= 0.6 is 0 Å². The van der Waals surface area contributed by atoms with Gasteiger partial charge in [0.05, 0.1) is 12.3 Å². The number of hydrogen-bond donors (Lipinski definition) is 1. The summed E-state index contributed by atoms with van der Waals surface area (Å²) in [6.45, 7) is 2.27. The SMILES string of the molecule is CCC(Oc1ccc(F)cc1)C(=O)NCC(c1ccco1)N(C)C. The second-order valence-electron chi connectivity index (χ2n) is 5.71. The van der Waals surface area contributed by atoms with Gasteiger partial charge in [-0.2, -0.15) is 0 Å². The summed E-state index contributed by atoms with van der Waals surface area (Å²) in [5.74, 6) is 0.703. The Bertz CT molecular complexity index is 626. The second-order valence-corrected chi connectivity index (χ2v) is 5.71. The van der Waals surface area contributed by atoms with Crippen molar-refractivity contribution in [3.8, 4) is 5.75 Å².